The number of aromatic nitrogens is 2. The monoisotopic (exact) mass is 291 g/mol. The number of ether oxygens (including phenoxy) is 1. The standard InChI is InChI=1S/C15H25N5O/c1-10-13(16-2)18-15(11-4-5-11)19-14(10)17-8-12-9-20(3)6-7-21-12/h11-12H,4-9H2,1-3H3,(H2,16,17,18,19). The lowest BCUT2D eigenvalue weighted by atomic mass is 10.2. The highest BCUT2D eigenvalue weighted by Crippen LogP contribution is 2.39. The summed E-state index contributed by atoms with van der Waals surface area (Å²) in [4.78, 5) is 11.6. The van der Waals surface area contributed by atoms with Gasteiger partial charge in [-0.25, -0.2) is 9.97 Å². The van der Waals surface area contributed by atoms with Crippen molar-refractivity contribution in [2.45, 2.75) is 31.8 Å². The number of morpholine rings is 1. The van der Waals surface area contributed by atoms with Crippen molar-refractivity contribution in [3.63, 3.8) is 0 Å². The summed E-state index contributed by atoms with van der Waals surface area (Å²) in [6.07, 6.45) is 2.64. The number of rotatable bonds is 5. The van der Waals surface area contributed by atoms with Gasteiger partial charge in [0.05, 0.1) is 12.7 Å². The summed E-state index contributed by atoms with van der Waals surface area (Å²) in [5, 5.41) is 6.63. The van der Waals surface area contributed by atoms with Crippen molar-refractivity contribution in [2.24, 2.45) is 0 Å². The first kappa shape index (κ1) is 14.5. The number of hydrogen-bond acceptors (Lipinski definition) is 6. The fourth-order valence-electron chi connectivity index (χ4n) is 2.67. The molecule has 0 aromatic carbocycles. The molecule has 1 aromatic rings. The van der Waals surface area contributed by atoms with Gasteiger partial charge in [0.15, 0.2) is 0 Å². The van der Waals surface area contributed by atoms with Crippen molar-refractivity contribution in [1.82, 2.24) is 14.9 Å². The maximum absolute atomic E-state index is 5.79. The highest BCUT2D eigenvalue weighted by atomic mass is 16.5. The van der Waals surface area contributed by atoms with E-state index < -0.39 is 0 Å². The van der Waals surface area contributed by atoms with Gasteiger partial charge in [-0.3, -0.25) is 0 Å². The normalized spacial score (nSPS) is 23.1. The molecule has 1 aliphatic carbocycles. The quantitative estimate of drug-likeness (QED) is 0.856. The molecule has 6 heteroatoms. The van der Waals surface area contributed by atoms with Crippen LogP contribution in [0.2, 0.25) is 0 Å². The minimum absolute atomic E-state index is 0.223. The van der Waals surface area contributed by atoms with Crippen LogP contribution in [0.4, 0.5) is 11.6 Å². The highest BCUT2D eigenvalue weighted by molar-refractivity contribution is 5.57. The molecule has 2 N–H and O–H groups in total. The van der Waals surface area contributed by atoms with E-state index >= 15 is 0 Å². The van der Waals surface area contributed by atoms with Gasteiger partial charge in [0.25, 0.3) is 0 Å². The van der Waals surface area contributed by atoms with E-state index in [1.54, 1.807) is 0 Å². The summed E-state index contributed by atoms with van der Waals surface area (Å²) in [5.41, 5.74) is 1.08. The molecule has 1 aromatic heterocycles. The predicted molar refractivity (Wildman–Crippen MR) is 84.0 cm³/mol. The first-order chi connectivity index (χ1) is 10.2. The number of hydrogen-bond donors (Lipinski definition) is 2. The van der Waals surface area contributed by atoms with Crippen molar-refractivity contribution in [2.75, 3.05) is 51.0 Å². The molecule has 21 heavy (non-hydrogen) atoms. The van der Waals surface area contributed by atoms with Gasteiger partial charge in [-0.2, -0.15) is 0 Å². The van der Waals surface area contributed by atoms with Crippen molar-refractivity contribution in [3.8, 4) is 0 Å². The molecular weight excluding hydrogens is 266 g/mol. The van der Waals surface area contributed by atoms with Crippen molar-refractivity contribution in [1.29, 1.82) is 0 Å². The van der Waals surface area contributed by atoms with Gasteiger partial charge in [0, 0.05) is 38.2 Å². The van der Waals surface area contributed by atoms with Crippen LogP contribution < -0.4 is 10.6 Å². The average Bonchev–Trinajstić information content (AvgIpc) is 3.31. The third-order valence-electron chi connectivity index (χ3n) is 4.18. The van der Waals surface area contributed by atoms with E-state index in [2.05, 4.69) is 34.5 Å². The Bertz CT molecular complexity index is 503. The minimum atomic E-state index is 0.223. The van der Waals surface area contributed by atoms with Gasteiger partial charge < -0.3 is 20.3 Å². The molecular formula is C15H25N5O. The van der Waals surface area contributed by atoms with Gasteiger partial charge in [0.1, 0.15) is 17.5 Å². The average molecular weight is 291 g/mol. The van der Waals surface area contributed by atoms with Crippen molar-refractivity contribution < 1.29 is 4.74 Å². The maximum atomic E-state index is 5.79. The summed E-state index contributed by atoms with van der Waals surface area (Å²) in [5.74, 6) is 3.38. The molecule has 0 amide bonds. The molecule has 2 fully saturated rings. The molecule has 116 valence electrons. The first-order valence-electron chi connectivity index (χ1n) is 7.77. The Morgan fingerprint density at radius 2 is 2.05 bits per heavy atom. The van der Waals surface area contributed by atoms with Gasteiger partial charge in [-0.05, 0) is 26.8 Å². The van der Waals surface area contributed by atoms with E-state index in [0.717, 1.165) is 49.3 Å². The Balaban J connectivity index is 1.70. The summed E-state index contributed by atoms with van der Waals surface area (Å²) in [6, 6.07) is 0. The third kappa shape index (κ3) is 3.44. The van der Waals surface area contributed by atoms with Gasteiger partial charge in [-0.15, -0.1) is 0 Å². The second kappa shape index (κ2) is 6.15. The Labute approximate surface area is 126 Å². The molecule has 2 aliphatic rings. The largest absolute Gasteiger partial charge is 0.374 e. The topological polar surface area (TPSA) is 62.3 Å². The Morgan fingerprint density at radius 1 is 1.29 bits per heavy atom. The fourth-order valence-corrected chi connectivity index (χ4v) is 2.67. The number of nitrogens with zero attached hydrogens (tertiary/aromatic N) is 3. The zero-order valence-electron chi connectivity index (χ0n) is 13.1. The molecule has 3 rings (SSSR count). The molecule has 6 nitrogen and oxygen atoms in total. The highest BCUT2D eigenvalue weighted by Gasteiger charge is 2.28. The van der Waals surface area contributed by atoms with Crippen LogP contribution in [0.3, 0.4) is 0 Å². The second-order valence-corrected chi connectivity index (χ2v) is 6.06. The van der Waals surface area contributed by atoms with Crippen LogP contribution in [0.5, 0.6) is 0 Å². The summed E-state index contributed by atoms with van der Waals surface area (Å²) < 4.78 is 5.79. The minimum Gasteiger partial charge on any atom is -0.374 e. The fraction of sp³-hybridized carbons (Fsp3) is 0.733. The van der Waals surface area contributed by atoms with Crippen LogP contribution in [0.25, 0.3) is 0 Å². The second-order valence-electron chi connectivity index (χ2n) is 6.06. The maximum Gasteiger partial charge on any atom is 0.136 e. The van der Waals surface area contributed by atoms with E-state index in [9.17, 15) is 0 Å². The Morgan fingerprint density at radius 3 is 2.71 bits per heavy atom. The van der Waals surface area contributed by atoms with Crippen molar-refractivity contribution in [3.05, 3.63) is 11.4 Å². The SMILES string of the molecule is CNc1nc(C2CC2)nc(NCC2CN(C)CCO2)c1C. The number of anilines is 2. The Kier molecular flexibility index (Phi) is 4.26. The summed E-state index contributed by atoms with van der Waals surface area (Å²) in [7, 11) is 4.05. The Hall–Kier alpha value is -1.40. The van der Waals surface area contributed by atoms with E-state index in [4.69, 9.17) is 9.72 Å². The lowest BCUT2D eigenvalue weighted by molar-refractivity contribution is -0.0117. The van der Waals surface area contributed by atoms with Crippen LogP contribution in [0.1, 0.15) is 30.1 Å². The zero-order valence-corrected chi connectivity index (χ0v) is 13.1. The van der Waals surface area contributed by atoms with Crippen LogP contribution in [0.15, 0.2) is 0 Å². The number of likely N-dealkylation sites (N-methyl/N-ethyl adjacent to an activating group) is 1. The third-order valence-corrected chi connectivity index (χ3v) is 4.18. The van der Waals surface area contributed by atoms with Crippen LogP contribution in [-0.4, -0.2) is 61.3 Å². The summed E-state index contributed by atoms with van der Waals surface area (Å²) in [6.45, 7) is 5.62. The smallest absolute Gasteiger partial charge is 0.136 e. The van der Waals surface area contributed by atoms with Crippen molar-refractivity contribution >= 4 is 11.6 Å². The zero-order chi connectivity index (χ0) is 14.8. The molecule has 1 saturated carbocycles. The van der Waals surface area contributed by atoms with Gasteiger partial charge in [0.2, 0.25) is 0 Å². The lowest BCUT2D eigenvalue weighted by Gasteiger charge is -2.30. The molecule has 2 heterocycles. The number of nitrogens with one attached hydrogen (secondary N) is 2. The molecule has 0 spiro atoms. The van der Waals surface area contributed by atoms with E-state index in [1.807, 2.05) is 7.05 Å². The van der Waals surface area contributed by atoms with E-state index in [0.29, 0.717) is 5.92 Å². The molecule has 1 atom stereocenters. The molecule has 0 radical (unpaired) electrons. The van der Waals surface area contributed by atoms with E-state index in [-0.39, 0.29) is 6.10 Å². The molecule has 1 aliphatic heterocycles. The predicted octanol–water partition coefficient (Wildman–Crippen LogP) is 1.45. The van der Waals surface area contributed by atoms with Crippen LogP contribution >= 0.6 is 0 Å². The van der Waals surface area contributed by atoms with Gasteiger partial charge in [-0.1, -0.05) is 0 Å². The molecule has 0 bridgehead atoms. The van der Waals surface area contributed by atoms with E-state index in [1.165, 1.54) is 12.8 Å². The van der Waals surface area contributed by atoms with Gasteiger partial charge >= 0.3 is 0 Å². The summed E-state index contributed by atoms with van der Waals surface area (Å²) >= 11 is 0. The molecule has 1 saturated heterocycles. The lowest BCUT2D eigenvalue weighted by Crippen LogP contribution is -2.43. The van der Waals surface area contributed by atoms with Crippen LogP contribution in [-0.2, 0) is 4.74 Å². The molecule has 1 unspecified atom stereocenters. The first-order valence-corrected chi connectivity index (χ1v) is 7.77. The van der Waals surface area contributed by atoms with Crippen LogP contribution in [0, 0.1) is 6.92 Å².